The normalized spacial score (nSPS) is 19.2. The van der Waals surface area contributed by atoms with Gasteiger partial charge in [0.1, 0.15) is 5.82 Å². The summed E-state index contributed by atoms with van der Waals surface area (Å²) in [6, 6.07) is 7.26. The van der Waals surface area contributed by atoms with E-state index in [4.69, 9.17) is 0 Å². The van der Waals surface area contributed by atoms with Gasteiger partial charge >= 0.3 is 0 Å². The van der Waals surface area contributed by atoms with E-state index in [1.54, 1.807) is 12.1 Å². The molecule has 1 aliphatic rings. The van der Waals surface area contributed by atoms with E-state index in [-0.39, 0.29) is 5.82 Å². The average molecular weight is 346 g/mol. The SMILES string of the molecule is Fc1ccc(C2(CCCI)CCCCC2)cc1. The average Bonchev–Trinajstić information content (AvgIpc) is 2.38. The highest BCUT2D eigenvalue weighted by atomic mass is 127. The first-order valence-corrected chi connectivity index (χ1v) is 8.11. The number of alkyl halides is 1. The lowest BCUT2D eigenvalue weighted by atomic mass is 9.67. The van der Waals surface area contributed by atoms with Crippen molar-refractivity contribution in [1.29, 1.82) is 0 Å². The second-order valence-electron chi connectivity index (χ2n) is 5.14. The molecule has 0 saturated heterocycles. The zero-order valence-electron chi connectivity index (χ0n) is 10.2. The molecule has 0 N–H and O–H groups in total. The first kappa shape index (κ1) is 13.3. The van der Waals surface area contributed by atoms with E-state index in [2.05, 4.69) is 22.6 Å². The molecular formula is C15H20FI. The van der Waals surface area contributed by atoms with E-state index < -0.39 is 0 Å². The number of halogens is 2. The van der Waals surface area contributed by atoms with Crippen molar-refractivity contribution in [3.63, 3.8) is 0 Å². The molecule has 0 radical (unpaired) electrons. The van der Waals surface area contributed by atoms with Gasteiger partial charge in [-0.15, -0.1) is 0 Å². The summed E-state index contributed by atoms with van der Waals surface area (Å²) in [4.78, 5) is 0. The number of hydrogen-bond donors (Lipinski definition) is 0. The summed E-state index contributed by atoms with van der Waals surface area (Å²) >= 11 is 2.45. The Morgan fingerprint density at radius 3 is 2.29 bits per heavy atom. The summed E-state index contributed by atoms with van der Waals surface area (Å²) < 4.78 is 14.3. The number of hydrogen-bond acceptors (Lipinski definition) is 0. The van der Waals surface area contributed by atoms with Crippen molar-refractivity contribution < 1.29 is 4.39 Å². The van der Waals surface area contributed by atoms with Gasteiger partial charge in [0.25, 0.3) is 0 Å². The van der Waals surface area contributed by atoms with Gasteiger partial charge < -0.3 is 0 Å². The lowest BCUT2D eigenvalue weighted by Crippen LogP contribution is -2.29. The maximum Gasteiger partial charge on any atom is 0.123 e. The van der Waals surface area contributed by atoms with E-state index in [0.29, 0.717) is 5.41 Å². The molecular weight excluding hydrogens is 326 g/mol. The molecule has 0 unspecified atom stereocenters. The zero-order chi connectivity index (χ0) is 12.1. The van der Waals surface area contributed by atoms with Crippen molar-refractivity contribution in [3.8, 4) is 0 Å². The van der Waals surface area contributed by atoms with Gasteiger partial charge in [0.05, 0.1) is 0 Å². The van der Waals surface area contributed by atoms with Crippen molar-refractivity contribution in [2.24, 2.45) is 0 Å². The lowest BCUT2D eigenvalue weighted by molar-refractivity contribution is 0.272. The maximum atomic E-state index is 13.0. The van der Waals surface area contributed by atoms with Crippen LogP contribution >= 0.6 is 22.6 Å². The van der Waals surface area contributed by atoms with Crippen LogP contribution in [0.3, 0.4) is 0 Å². The van der Waals surface area contributed by atoms with Crippen LogP contribution < -0.4 is 0 Å². The third-order valence-electron chi connectivity index (χ3n) is 4.06. The van der Waals surface area contributed by atoms with Crippen LogP contribution in [0.1, 0.15) is 50.5 Å². The molecule has 0 aromatic heterocycles. The van der Waals surface area contributed by atoms with Crippen molar-refractivity contribution >= 4 is 22.6 Å². The van der Waals surface area contributed by atoms with Crippen LogP contribution in [0.4, 0.5) is 4.39 Å². The fourth-order valence-electron chi connectivity index (χ4n) is 3.12. The van der Waals surface area contributed by atoms with Crippen LogP contribution in [-0.4, -0.2) is 4.43 Å². The van der Waals surface area contributed by atoms with Crippen molar-refractivity contribution in [2.75, 3.05) is 4.43 Å². The summed E-state index contributed by atoms with van der Waals surface area (Å²) in [7, 11) is 0. The molecule has 0 heterocycles. The molecule has 0 spiro atoms. The minimum atomic E-state index is -0.117. The van der Waals surface area contributed by atoms with Crippen molar-refractivity contribution in [3.05, 3.63) is 35.6 Å². The van der Waals surface area contributed by atoms with Crippen LogP contribution in [0.2, 0.25) is 0 Å². The minimum absolute atomic E-state index is 0.117. The van der Waals surface area contributed by atoms with Crippen LogP contribution in [-0.2, 0) is 5.41 Å². The Labute approximate surface area is 117 Å². The van der Waals surface area contributed by atoms with Gasteiger partial charge in [-0.25, -0.2) is 4.39 Å². The highest BCUT2D eigenvalue weighted by molar-refractivity contribution is 14.1. The second-order valence-corrected chi connectivity index (χ2v) is 6.22. The van der Waals surface area contributed by atoms with E-state index in [9.17, 15) is 4.39 Å². The van der Waals surface area contributed by atoms with E-state index in [1.807, 2.05) is 12.1 Å². The molecule has 94 valence electrons. The smallest absolute Gasteiger partial charge is 0.123 e. The Hall–Kier alpha value is -0.120. The monoisotopic (exact) mass is 346 g/mol. The maximum absolute atomic E-state index is 13.0. The van der Waals surface area contributed by atoms with E-state index >= 15 is 0 Å². The summed E-state index contributed by atoms with van der Waals surface area (Å²) in [6.45, 7) is 0. The summed E-state index contributed by atoms with van der Waals surface area (Å²) in [5, 5.41) is 0. The first-order valence-electron chi connectivity index (χ1n) is 6.59. The van der Waals surface area contributed by atoms with E-state index in [1.165, 1.54) is 54.9 Å². The topological polar surface area (TPSA) is 0 Å². The summed E-state index contributed by atoms with van der Waals surface area (Å²) in [5.41, 5.74) is 1.71. The number of rotatable bonds is 4. The molecule has 1 saturated carbocycles. The Morgan fingerprint density at radius 1 is 1.06 bits per heavy atom. The Balaban J connectivity index is 2.21. The predicted molar refractivity (Wildman–Crippen MR) is 79.3 cm³/mol. The molecule has 0 bridgehead atoms. The minimum Gasteiger partial charge on any atom is -0.207 e. The standard InChI is InChI=1S/C15H20FI/c16-14-7-5-13(6-8-14)15(11-4-12-17)9-2-1-3-10-15/h5-8H,1-4,9-12H2. The molecule has 2 rings (SSSR count). The third-order valence-corrected chi connectivity index (χ3v) is 4.82. The molecule has 0 aliphatic heterocycles. The van der Waals surface area contributed by atoms with E-state index in [0.717, 1.165) is 0 Å². The Bertz CT molecular complexity index is 338. The molecule has 1 aromatic rings. The summed E-state index contributed by atoms with van der Waals surface area (Å²) in [6.07, 6.45) is 9.15. The van der Waals surface area contributed by atoms with Gasteiger partial charge in [-0.05, 0) is 53.2 Å². The van der Waals surface area contributed by atoms with Crippen LogP contribution in [0.15, 0.2) is 24.3 Å². The molecule has 2 heteroatoms. The highest BCUT2D eigenvalue weighted by Crippen LogP contribution is 2.43. The quantitative estimate of drug-likeness (QED) is 0.516. The van der Waals surface area contributed by atoms with Gasteiger partial charge in [-0.3, -0.25) is 0 Å². The Kier molecular flexibility index (Phi) is 4.83. The van der Waals surface area contributed by atoms with Gasteiger partial charge in [0, 0.05) is 0 Å². The lowest BCUT2D eigenvalue weighted by Gasteiger charge is -2.38. The van der Waals surface area contributed by atoms with Crippen LogP contribution in [0.5, 0.6) is 0 Å². The molecule has 0 nitrogen and oxygen atoms in total. The predicted octanol–water partition coefficient (Wildman–Crippen LogP) is 5.24. The van der Waals surface area contributed by atoms with Gasteiger partial charge in [0.2, 0.25) is 0 Å². The summed E-state index contributed by atoms with van der Waals surface area (Å²) in [5.74, 6) is -0.117. The van der Waals surface area contributed by atoms with Crippen molar-refractivity contribution in [2.45, 2.75) is 50.4 Å². The van der Waals surface area contributed by atoms with Crippen molar-refractivity contribution in [1.82, 2.24) is 0 Å². The largest absolute Gasteiger partial charge is 0.207 e. The third kappa shape index (κ3) is 3.21. The fraction of sp³-hybridized carbons (Fsp3) is 0.600. The highest BCUT2D eigenvalue weighted by Gasteiger charge is 2.32. The fourth-order valence-corrected chi connectivity index (χ4v) is 3.50. The van der Waals surface area contributed by atoms with Gasteiger partial charge in [-0.2, -0.15) is 0 Å². The molecule has 17 heavy (non-hydrogen) atoms. The molecule has 1 aromatic carbocycles. The Morgan fingerprint density at radius 2 is 1.71 bits per heavy atom. The van der Waals surface area contributed by atoms with Crippen LogP contribution in [0.25, 0.3) is 0 Å². The van der Waals surface area contributed by atoms with Gasteiger partial charge in [-0.1, -0.05) is 54.0 Å². The molecule has 1 aliphatic carbocycles. The first-order chi connectivity index (χ1) is 8.27. The van der Waals surface area contributed by atoms with Crippen LogP contribution in [0, 0.1) is 5.82 Å². The molecule has 0 atom stereocenters. The second kappa shape index (κ2) is 6.17. The molecule has 0 amide bonds. The molecule has 1 fully saturated rings. The number of benzene rings is 1. The van der Waals surface area contributed by atoms with Gasteiger partial charge in [0.15, 0.2) is 0 Å². The zero-order valence-corrected chi connectivity index (χ0v) is 12.4.